The highest BCUT2D eigenvalue weighted by Gasteiger charge is 2.19. The van der Waals surface area contributed by atoms with Crippen LogP contribution in [0.1, 0.15) is 12.0 Å². The molecule has 2 aromatic carbocycles. The van der Waals surface area contributed by atoms with Crippen molar-refractivity contribution < 1.29 is 14.3 Å². The Morgan fingerprint density at radius 3 is 2.62 bits per heavy atom. The maximum atomic E-state index is 13.0. The van der Waals surface area contributed by atoms with E-state index < -0.39 is 0 Å². The molecule has 0 saturated carbocycles. The molecule has 0 aliphatic carbocycles. The van der Waals surface area contributed by atoms with Gasteiger partial charge in [0.25, 0.3) is 0 Å². The van der Waals surface area contributed by atoms with Gasteiger partial charge in [-0.3, -0.25) is 9.69 Å². The van der Waals surface area contributed by atoms with Crippen molar-refractivity contribution in [3.05, 3.63) is 72.1 Å². The minimum absolute atomic E-state index is 0.0104. The predicted octanol–water partition coefficient (Wildman–Crippen LogP) is 4.98. The van der Waals surface area contributed by atoms with Crippen molar-refractivity contribution in [2.24, 2.45) is 0 Å². The molecule has 3 rings (SSSR count). The molecule has 0 aliphatic rings. The first-order valence-corrected chi connectivity index (χ1v) is 10.2. The van der Waals surface area contributed by atoms with Crippen LogP contribution < -0.4 is 14.4 Å². The highest BCUT2D eigenvalue weighted by molar-refractivity contribution is 7.14. The van der Waals surface area contributed by atoms with E-state index >= 15 is 0 Å². The van der Waals surface area contributed by atoms with Gasteiger partial charge in [-0.25, -0.2) is 4.98 Å². The first kappa shape index (κ1) is 20.6. The lowest BCUT2D eigenvalue weighted by Crippen LogP contribution is -2.31. The molecular formula is C23H24N2O3S. The minimum Gasteiger partial charge on any atom is -0.493 e. The molecule has 0 saturated heterocycles. The van der Waals surface area contributed by atoms with E-state index in [9.17, 15) is 4.79 Å². The smallest absolute Gasteiger partial charge is 0.229 e. The van der Waals surface area contributed by atoms with Gasteiger partial charge in [0.2, 0.25) is 5.91 Å². The molecule has 0 aliphatic heterocycles. The number of nitrogens with zero attached hydrogens (tertiary/aromatic N) is 2. The summed E-state index contributed by atoms with van der Waals surface area (Å²) in [6.07, 6.45) is 2.59. The van der Waals surface area contributed by atoms with E-state index in [0.717, 1.165) is 16.8 Å². The van der Waals surface area contributed by atoms with Crippen molar-refractivity contribution in [2.75, 3.05) is 25.7 Å². The first-order chi connectivity index (χ1) is 14.2. The molecule has 3 aromatic rings. The number of thiazole rings is 1. The zero-order chi connectivity index (χ0) is 20.6. The Labute approximate surface area is 175 Å². The molecule has 1 heterocycles. The van der Waals surface area contributed by atoms with Crippen molar-refractivity contribution in [2.45, 2.75) is 12.8 Å². The number of amides is 1. The molecule has 6 heteroatoms. The van der Waals surface area contributed by atoms with Gasteiger partial charge in [0.05, 0.1) is 19.9 Å². The highest BCUT2D eigenvalue weighted by Crippen LogP contribution is 2.32. The van der Waals surface area contributed by atoms with E-state index in [-0.39, 0.29) is 5.91 Å². The van der Waals surface area contributed by atoms with Crippen LogP contribution in [0.25, 0.3) is 11.3 Å². The van der Waals surface area contributed by atoms with Crippen LogP contribution in [-0.4, -0.2) is 31.7 Å². The standard InChI is InChI=1S/C23H24N2O3S/c1-4-15-25(23-24-19(16-29-23)17-9-6-5-7-10-17)21(26)14-13-18-11-8-12-20(27-2)22(18)28-3/h4-12,16H,1,13-15H2,2-3H3. The van der Waals surface area contributed by atoms with E-state index in [1.54, 1.807) is 25.2 Å². The third-order valence-corrected chi connectivity index (χ3v) is 5.36. The minimum atomic E-state index is -0.0104. The van der Waals surface area contributed by atoms with E-state index in [1.165, 1.54) is 11.3 Å². The molecule has 150 valence electrons. The van der Waals surface area contributed by atoms with Crippen LogP contribution in [0, 0.1) is 0 Å². The second kappa shape index (κ2) is 9.89. The summed E-state index contributed by atoms with van der Waals surface area (Å²) in [4.78, 5) is 19.3. The van der Waals surface area contributed by atoms with Crippen molar-refractivity contribution in [3.63, 3.8) is 0 Å². The summed E-state index contributed by atoms with van der Waals surface area (Å²) in [5.41, 5.74) is 2.83. The van der Waals surface area contributed by atoms with Gasteiger partial charge in [-0.1, -0.05) is 48.5 Å². The number of carbonyl (C=O) groups excluding carboxylic acids is 1. The van der Waals surface area contributed by atoms with Gasteiger partial charge in [0.1, 0.15) is 0 Å². The van der Waals surface area contributed by atoms with Gasteiger partial charge < -0.3 is 9.47 Å². The Morgan fingerprint density at radius 1 is 1.14 bits per heavy atom. The summed E-state index contributed by atoms with van der Waals surface area (Å²) in [6, 6.07) is 15.6. The van der Waals surface area contributed by atoms with E-state index in [4.69, 9.17) is 9.47 Å². The Morgan fingerprint density at radius 2 is 1.93 bits per heavy atom. The van der Waals surface area contributed by atoms with Gasteiger partial charge in [-0.15, -0.1) is 17.9 Å². The van der Waals surface area contributed by atoms with Crippen LogP contribution in [0.2, 0.25) is 0 Å². The molecule has 0 radical (unpaired) electrons. The number of ether oxygens (including phenoxy) is 2. The summed E-state index contributed by atoms with van der Waals surface area (Å²) in [7, 11) is 3.21. The molecule has 0 spiro atoms. The van der Waals surface area contributed by atoms with E-state index in [1.807, 2.05) is 53.9 Å². The van der Waals surface area contributed by atoms with Crippen LogP contribution in [0.15, 0.2) is 66.6 Å². The predicted molar refractivity (Wildman–Crippen MR) is 118 cm³/mol. The van der Waals surface area contributed by atoms with Gasteiger partial charge in [-0.05, 0) is 18.1 Å². The lowest BCUT2D eigenvalue weighted by molar-refractivity contribution is -0.118. The summed E-state index contributed by atoms with van der Waals surface area (Å²) in [5.74, 6) is 1.32. The SMILES string of the molecule is C=CCN(C(=O)CCc1cccc(OC)c1OC)c1nc(-c2ccccc2)cs1. The normalized spacial score (nSPS) is 10.4. The maximum Gasteiger partial charge on any atom is 0.229 e. The molecule has 0 N–H and O–H groups in total. The Kier molecular flexibility index (Phi) is 7.03. The van der Waals surface area contributed by atoms with Crippen LogP contribution >= 0.6 is 11.3 Å². The second-order valence-electron chi connectivity index (χ2n) is 6.33. The zero-order valence-electron chi connectivity index (χ0n) is 16.6. The number of carbonyl (C=O) groups is 1. The Bertz CT molecular complexity index is 969. The zero-order valence-corrected chi connectivity index (χ0v) is 17.4. The van der Waals surface area contributed by atoms with Gasteiger partial charge >= 0.3 is 0 Å². The summed E-state index contributed by atoms with van der Waals surface area (Å²) >= 11 is 1.46. The molecule has 0 bridgehead atoms. The average Bonchev–Trinajstić information content (AvgIpc) is 3.25. The fourth-order valence-corrected chi connectivity index (χ4v) is 3.93. The number of anilines is 1. The Hall–Kier alpha value is -3.12. The topological polar surface area (TPSA) is 51.7 Å². The van der Waals surface area contributed by atoms with Crippen LogP contribution in [0.5, 0.6) is 11.5 Å². The number of benzene rings is 2. The number of methoxy groups -OCH3 is 2. The molecule has 5 nitrogen and oxygen atoms in total. The third kappa shape index (κ3) is 4.84. The summed E-state index contributed by atoms with van der Waals surface area (Å²) < 4.78 is 10.8. The van der Waals surface area contributed by atoms with Crippen molar-refractivity contribution in [3.8, 4) is 22.8 Å². The molecular weight excluding hydrogens is 384 g/mol. The molecule has 29 heavy (non-hydrogen) atoms. The van der Waals surface area contributed by atoms with Crippen molar-refractivity contribution >= 4 is 22.4 Å². The van der Waals surface area contributed by atoms with Gasteiger partial charge in [0.15, 0.2) is 16.6 Å². The van der Waals surface area contributed by atoms with Crippen molar-refractivity contribution in [1.29, 1.82) is 0 Å². The fourth-order valence-electron chi connectivity index (χ4n) is 3.07. The largest absolute Gasteiger partial charge is 0.493 e. The highest BCUT2D eigenvalue weighted by atomic mass is 32.1. The van der Waals surface area contributed by atoms with E-state index in [2.05, 4.69) is 11.6 Å². The average molecular weight is 409 g/mol. The Balaban J connectivity index is 1.76. The third-order valence-electron chi connectivity index (χ3n) is 4.50. The second-order valence-corrected chi connectivity index (χ2v) is 7.16. The molecule has 0 atom stereocenters. The number of para-hydroxylation sites is 1. The van der Waals surface area contributed by atoms with Crippen LogP contribution in [0.4, 0.5) is 5.13 Å². The lowest BCUT2D eigenvalue weighted by Gasteiger charge is -2.18. The number of aromatic nitrogens is 1. The number of aryl methyl sites for hydroxylation is 1. The number of hydrogen-bond donors (Lipinski definition) is 0. The monoisotopic (exact) mass is 408 g/mol. The summed E-state index contributed by atoms with van der Waals surface area (Å²) in [5, 5.41) is 2.64. The summed E-state index contributed by atoms with van der Waals surface area (Å²) in [6.45, 7) is 4.20. The van der Waals surface area contributed by atoms with Crippen molar-refractivity contribution in [1.82, 2.24) is 4.98 Å². The van der Waals surface area contributed by atoms with Crippen LogP contribution in [0.3, 0.4) is 0 Å². The fraction of sp³-hybridized carbons (Fsp3) is 0.217. The number of rotatable bonds is 9. The van der Waals surface area contributed by atoms with Crippen LogP contribution in [-0.2, 0) is 11.2 Å². The van der Waals surface area contributed by atoms with Gasteiger partial charge in [0, 0.05) is 23.9 Å². The van der Waals surface area contributed by atoms with Gasteiger partial charge in [-0.2, -0.15) is 0 Å². The first-order valence-electron chi connectivity index (χ1n) is 9.30. The van der Waals surface area contributed by atoms with E-state index in [0.29, 0.717) is 36.0 Å². The number of hydrogen-bond acceptors (Lipinski definition) is 5. The maximum absolute atomic E-state index is 13.0. The molecule has 0 unspecified atom stereocenters. The molecule has 0 fully saturated rings. The lowest BCUT2D eigenvalue weighted by atomic mass is 10.1. The molecule has 1 amide bonds. The molecule has 1 aromatic heterocycles. The quantitative estimate of drug-likeness (QED) is 0.469.